The molecule has 0 atom stereocenters. The fraction of sp³-hybridized carbons (Fsp3) is 0.300. The van der Waals surface area contributed by atoms with Crippen LogP contribution in [0.25, 0.3) is 0 Å². The second-order valence-corrected chi connectivity index (χ2v) is 6.55. The van der Waals surface area contributed by atoms with E-state index >= 15 is 0 Å². The smallest absolute Gasteiger partial charge is 0.255 e. The zero-order valence-corrected chi connectivity index (χ0v) is 19.1. The van der Waals surface area contributed by atoms with Crippen molar-refractivity contribution in [1.82, 2.24) is 10.2 Å². The third-order valence-electron chi connectivity index (χ3n) is 3.88. The first-order chi connectivity index (χ1) is 13.0. The molecule has 0 fully saturated rings. The minimum atomic E-state index is -0.489. The number of hydrogen-bond acceptors (Lipinski definition) is 3. The molecule has 0 unspecified atom stereocenters. The molecule has 0 radical (unpaired) electrons. The summed E-state index contributed by atoms with van der Waals surface area (Å²) in [5.74, 6) is 0.954. The molecule has 2 aromatic rings. The number of primary amides is 1. The summed E-state index contributed by atoms with van der Waals surface area (Å²) in [5, 5.41) is 4.09. The molecule has 28 heavy (non-hydrogen) atoms. The van der Waals surface area contributed by atoms with E-state index in [-0.39, 0.29) is 30.6 Å². The van der Waals surface area contributed by atoms with E-state index in [1.54, 1.807) is 7.05 Å². The van der Waals surface area contributed by atoms with Gasteiger partial charge in [-0.3, -0.25) is 9.79 Å². The summed E-state index contributed by atoms with van der Waals surface area (Å²) in [6, 6.07) is 15.4. The molecule has 0 heterocycles. The molecule has 2 aromatic carbocycles. The summed E-state index contributed by atoms with van der Waals surface area (Å²) in [4.78, 5) is 17.1. The van der Waals surface area contributed by atoms with Crippen molar-refractivity contribution in [3.05, 3.63) is 64.7 Å². The number of hydrogen-bond donors (Lipinski definition) is 2. The largest absolute Gasteiger partial charge is 0.484 e. The van der Waals surface area contributed by atoms with Gasteiger partial charge in [0.2, 0.25) is 0 Å². The van der Waals surface area contributed by atoms with Gasteiger partial charge in [0.05, 0.1) is 0 Å². The molecule has 0 saturated carbocycles. The van der Waals surface area contributed by atoms with Crippen molar-refractivity contribution in [2.45, 2.75) is 13.0 Å². The topological polar surface area (TPSA) is 80.0 Å². The Morgan fingerprint density at radius 3 is 2.54 bits per heavy atom. The van der Waals surface area contributed by atoms with Crippen LogP contribution < -0.4 is 15.8 Å². The zero-order valence-electron chi connectivity index (χ0n) is 16.0. The van der Waals surface area contributed by atoms with Crippen LogP contribution in [-0.2, 0) is 17.8 Å². The van der Waals surface area contributed by atoms with E-state index in [2.05, 4.69) is 10.3 Å². The number of carbonyl (C=O) groups excluding carboxylic acids is 1. The molecule has 0 saturated heterocycles. The van der Waals surface area contributed by atoms with Gasteiger partial charge >= 0.3 is 0 Å². The number of nitrogens with two attached hydrogens (primary N) is 1. The van der Waals surface area contributed by atoms with Crippen LogP contribution in [0.5, 0.6) is 5.75 Å². The number of nitrogens with zero attached hydrogens (tertiary/aromatic N) is 2. The number of benzene rings is 2. The highest BCUT2D eigenvalue weighted by Crippen LogP contribution is 2.13. The molecule has 152 valence electrons. The Hall–Kier alpha value is -2.00. The van der Waals surface area contributed by atoms with Gasteiger partial charge in [0.25, 0.3) is 5.91 Å². The number of ether oxygens (including phenoxy) is 1. The average molecular weight is 517 g/mol. The lowest BCUT2D eigenvalue weighted by atomic mass is 10.1. The molecular weight excluding hydrogens is 491 g/mol. The van der Waals surface area contributed by atoms with Crippen molar-refractivity contribution < 1.29 is 9.53 Å². The SMILES string of the molecule is CN=C(NCCc1ccc(OCC(N)=O)cc1)N(C)Cc1cccc(Cl)c1.I. The van der Waals surface area contributed by atoms with E-state index in [0.717, 1.165) is 35.1 Å². The molecule has 0 aliphatic rings. The molecule has 1 amide bonds. The lowest BCUT2D eigenvalue weighted by Gasteiger charge is -2.22. The third kappa shape index (κ3) is 8.35. The Morgan fingerprint density at radius 2 is 1.93 bits per heavy atom. The summed E-state index contributed by atoms with van der Waals surface area (Å²) < 4.78 is 5.25. The van der Waals surface area contributed by atoms with Crippen LogP contribution in [0.4, 0.5) is 0 Å². The van der Waals surface area contributed by atoms with Crippen molar-refractivity contribution in [3.8, 4) is 5.75 Å². The molecule has 0 bridgehead atoms. The number of aliphatic imine (C=N–C) groups is 1. The van der Waals surface area contributed by atoms with Gasteiger partial charge in [0.1, 0.15) is 5.75 Å². The van der Waals surface area contributed by atoms with Crippen molar-refractivity contribution in [1.29, 1.82) is 0 Å². The highest BCUT2D eigenvalue weighted by molar-refractivity contribution is 14.0. The molecule has 0 aliphatic heterocycles. The fourth-order valence-electron chi connectivity index (χ4n) is 2.59. The van der Waals surface area contributed by atoms with E-state index in [0.29, 0.717) is 12.3 Å². The molecule has 2 rings (SSSR count). The van der Waals surface area contributed by atoms with Crippen LogP contribution >= 0.6 is 35.6 Å². The Labute approximate surface area is 188 Å². The van der Waals surface area contributed by atoms with E-state index in [4.69, 9.17) is 22.1 Å². The second-order valence-electron chi connectivity index (χ2n) is 6.11. The summed E-state index contributed by atoms with van der Waals surface area (Å²) in [6.07, 6.45) is 0.833. The van der Waals surface area contributed by atoms with Gasteiger partial charge in [-0.15, -0.1) is 24.0 Å². The Balaban J connectivity index is 0.00000392. The molecule has 0 aliphatic carbocycles. The number of carbonyl (C=O) groups is 1. The molecular formula is C20H26ClIN4O2. The minimum absolute atomic E-state index is 0. The quantitative estimate of drug-likeness (QED) is 0.321. The number of halogens is 2. The lowest BCUT2D eigenvalue weighted by molar-refractivity contribution is -0.119. The van der Waals surface area contributed by atoms with Crippen molar-refractivity contribution >= 4 is 47.4 Å². The van der Waals surface area contributed by atoms with E-state index in [1.165, 1.54) is 0 Å². The highest BCUT2D eigenvalue weighted by atomic mass is 127. The van der Waals surface area contributed by atoms with Gasteiger partial charge in [-0.2, -0.15) is 0 Å². The summed E-state index contributed by atoms with van der Waals surface area (Å²) in [5.41, 5.74) is 7.34. The Kier molecular flexibility index (Phi) is 10.7. The number of amides is 1. The predicted octanol–water partition coefficient (Wildman–Crippen LogP) is 3.07. The van der Waals surface area contributed by atoms with Gasteiger partial charge in [0, 0.05) is 32.2 Å². The summed E-state index contributed by atoms with van der Waals surface area (Å²) in [6.45, 7) is 1.34. The first kappa shape index (κ1) is 24.0. The van der Waals surface area contributed by atoms with Crippen LogP contribution in [0.15, 0.2) is 53.5 Å². The highest BCUT2D eigenvalue weighted by Gasteiger charge is 2.07. The molecule has 6 nitrogen and oxygen atoms in total. The van der Waals surface area contributed by atoms with Crippen LogP contribution in [0.2, 0.25) is 5.02 Å². The van der Waals surface area contributed by atoms with E-state index in [1.807, 2.05) is 60.5 Å². The van der Waals surface area contributed by atoms with Crippen LogP contribution in [0.3, 0.4) is 0 Å². The number of nitrogens with one attached hydrogen (secondary N) is 1. The van der Waals surface area contributed by atoms with Crippen molar-refractivity contribution in [2.75, 3.05) is 27.2 Å². The van der Waals surface area contributed by atoms with E-state index < -0.39 is 5.91 Å². The van der Waals surface area contributed by atoms with Crippen LogP contribution in [-0.4, -0.2) is 44.0 Å². The van der Waals surface area contributed by atoms with Gasteiger partial charge < -0.3 is 20.7 Å². The van der Waals surface area contributed by atoms with Crippen LogP contribution in [0.1, 0.15) is 11.1 Å². The summed E-state index contributed by atoms with van der Waals surface area (Å²) in [7, 11) is 3.75. The van der Waals surface area contributed by atoms with Gasteiger partial charge in [-0.25, -0.2) is 0 Å². The second kappa shape index (κ2) is 12.5. The number of guanidine groups is 1. The minimum Gasteiger partial charge on any atom is -0.484 e. The van der Waals surface area contributed by atoms with Gasteiger partial charge in [-0.05, 0) is 41.8 Å². The average Bonchev–Trinajstić information content (AvgIpc) is 2.64. The van der Waals surface area contributed by atoms with Gasteiger partial charge in [-0.1, -0.05) is 35.9 Å². The first-order valence-electron chi connectivity index (χ1n) is 8.64. The van der Waals surface area contributed by atoms with Crippen LogP contribution in [0, 0.1) is 0 Å². The number of rotatable bonds is 8. The van der Waals surface area contributed by atoms with Crippen molar-refractivity contribution in [3.63, 3.8) is 0 Å². The maximum absolute atomic E-state index is 10.7. The maximum Gasteiger partial charge on any atom is 0.255 e. The molecule has 0 spiro atoms. The Bertz CT molecular complexity index is 784. The standard InChI is InChI=1S/C20H25ClN4O2.HI/c1-23-20(25(2)13-16-4-3-5-17(21)12-16)24-11-10-15-6-8-18(9-7-15)27-14-19(22)26;/h3-9,12H,10-11,13-14H2,1-2H3,(H2,22,26)(H,23,24);1H. The first-order valence-corrected chi connectivity index (χ1v) is 9.02. The normalized spacial score (nSPS) is 10.8. The maximum atomic E-state index is 10.7. The van der Waals surface area contributed by atoms with Gasteiger partial charge in [0.15, 0.2) is 12.6 Å². The molecule has 8 heteroatoms. The molecule has 3 N–H and O–H groups in total. The van der Waals surface area contributed by atoms with E-state index in [9.17, 15) is 4.79 Å². The summed E-state index contributed by atoms with van der Waals surface area (Å²) >= 11 is 6.04. The zero-order chi connectivity index (χ0) is 19.6. The van der Waals surface area contributed by atoms with Crippen molar-refractivity contribution in [2.24, 2.45) is 10.7 Å². The fourth-order valence-corrected chi connectivity index (χ4v) is 2.81. The predicted molar refractivity (Wildman–Crippen MR) is 125 cm³/mol. The lowest BCUT2D eigenvalue weighted by Crippen LogP contribution is -2.39. The third-order valence-corrected chi connectivity index (χ3v) is 4.12. The Morgan fingerprint density at radius 1 is 1.21 bits per heavy atom. The molecule has 0 aromatic heterocycles. The monoisotopic (exact) mass is 516 g/mol.